The van der Waals surface area contributed by atoms with Crippen LogP contribution in [-0.4, -0.2) is 61.6 Å². The molecular formula is C29H48N2O2. The Morgan fingerprint density at radius 1 is 1.15 bits per heavy atom. The Bertz CT molecular complexity index is 807. The van der Waals surface area contributed by atoms with Gasteiger partial charge in [-0.2, -0.15) is 0 Å². The van der Waals surface area contributed by atoms with Gasteiger partial charge in [-0.3, -0.25) is 4.79 Å². The number of hydrogen-bond donors (Lipinski definition) is 0. The third-order valence-corrected chi connectivity index (χ3v) is 11.7. The second kappa shape index (κ2) is 8.36. The summed E-state index contributed by atoms with van der Waals surface area (Å²) in [5, 5.41) is 0. The first-order chi connectivity index (χ1) is 15.6. The zero-order chi connectivity index (χ0) is 23.7. The second-order valence-electron chi connectivity index (χ2n) is 13.1. The number of likely N-dealkylation sites (N-methyl/N-ethyl adjacent to an activating group) is 1. The van der Waals surface area contributed by atoms with Gasteiger partial charge in [0.05, 0.1) is 0 Å². The van der Waals surface area contributed by atoms with Crippen LogP contribution in [-0.2, 0) is 9.53 Å². The van der Waals surface area contributed by atoms with Gasteiger partial charge in [0.15, 0.2) is 0 Å². The molecule has 4 heteroatoms. The van der Waals surface area contributed by atoms with Crippen molar-refractivity contribution in [2.24, 2.45) is 40.4 Å². The van der Waals surface area contributed by atoms with E-state index in [0.717, 1.165) is 42.6 Å². The van der Waals surface area contributed by atoms with Crippen molar-refractivity contribution in [2.45, 2.75) is 97.2 Å². The normalized spacial score (nSPS) is 45.6. The molecule has 1 amide bonds. The number of nitrogens with zero attached hydrogens (tertiary/aromatic N) is 2. The average Bonchev–Trinajstić information content (AvgIpc) is 3.26. The van der Waals surface area contributed by atoms with Gasteiger partial charge in [-0.25, -0.2) is 0 Å². The van der Waals surface area contributed by atoms with Crippen LogP contribution < -0.4 is 0 Å². The summed E-state index contributed by atoms with van der Waals surface area (Å²) in [5.74, 6) is 3.95. The number of likely N-dealkylation sites (tertiary alicyclic amines) is 1. The van der Waals surface area contributed by atoms with Crippen LogP contribution in [0.25, 0.3) is 0 Å². The maximum atomic E-state index is 13.1. The van der Waals surface area contributed by atoms with Crippen molar-refractivity contribution in [2.75, 3.05) is 27.7 Å². The highest BCUT2D eigenvalue weighted by Crippen LogP contribution is 2.68. The minimum Gasteiger partial charge on any atom is -0.371 e. The molecule has 1 aliphatic heterocycles. The molecule has 0 radical (unpaired) electrons. The molecule has 1 saturated heterocycles. The molecule has 1 spiro atoms. The lowest BCUT2D eigenvalue weighted by Gasteiger charge is -2.58. The molecule has 5 aliphatic rings. The Balaban J connectivity index is 1.34. The summed E-state index contributed by atoms with van der Waals surface area (Å²) in [6, 6.07) is 1.09. The summed E-state index contributed by atoms with van der Waals surface area (Å²) in [5.41, 5.74) is 2.62. The molecule has 1 unspecified atom stereocenters. The molecule has 186 valence electrons. The van der Waals surface area contributed by atoms with Crippen LogP contribution in [0.2, 0.25) is 0 Å². The van der Waals surface area contributed by atoms with E-state index >= 15 is 0 Å². The molecule has 0 bridgehead atoms. The fraction of sp³-hybridized carbons (Fsp3) is 0.897. The van der Waals surface area contributed by atoms with E-state index in [1.54, 1.807) is 12.7 Å². The third-order valence-electron chi connectivity index (χ3n) is 11.7. The highest BCUT2D eigenvalue weighted by atomic mass is 16.5. The molecule has 0 aromatic carbocycles. The van der Waals surface area contributed by atoms with Crippen LogP contribution in [0.15, 0.2) is 11.6 Å². The van der Waals surface area contributed by atoms with E-state index < -0.39 is 0 Å². The molecule has 4 aliphatic carbocycles. The Labute approximate surface area is 202 Å². The zero-order valence-electron chi connectivity index (χ0n) is 22.3. The molecule has 0 N–H and O–H groups in total. The fourth-order valence-corrected chi connectivity index (χ4v) is 9.81. The largest absolute Gasteiger partial charge is 0.371 e. The van der Waals surface area contributed by atoms with Gasteiger partial charge in [0, 0.05) is 32.8 Å². The molecule has 0 aromatic rings. The monoisotopic (exact) mass is 456 g/mol. The second-order valence-corrected chi connectivity index (χ2v) is 13.1. The molecule has 4 fully saturated rings. The SMILES string of the molecule is COC(C(=O)N(C)[C@H]1CC[C@@]2(C)C(=CC[C@H]3[C@@H]4CC[C@@H]5[C@H](C)N(C)C[C@@]54CC[C@@H]32)C1)C(C)C. The first-order valence-corrected chi connectivity index (χ1v) is 13.8. The Hall–Kier alpha value is -0.870. The fourth-order valence-electron chi connectivity index (χ4n) is 9.81. The Kier molecular flexibility index (Phi) is 6.04. The smallest absolute Gasteiger partial charge is 0.251 e. The summed E-state index contributed by atoms with van der Waals surface area (Å²) in [6.45, 7) is 10.6. The lowest BCUT2D eigenvalue weighted by Crippen LogP contribution is -2.53. The summed E-state index contributed by atoms with van der Waals surface area (Å²) >= 11 is 0. The summed E-state index contributed by atoms with van der Waals surface area (Å²) in [7, 11) is 6.05. The van der Waals surface area contributed by atoms with Crippen molar-refractivity contribution < 1.29 is 9.53 Å². The molecular weight excluding hydrogens is 408 g/mol. The van der Waals surface area contributed by atoms with Crippen molar-refractivity contribution in [1.29, 1.82) is 0 Å². The molecule has 33 heavy (non-hydrogen) atoms. The summed E-state index contributed by atoms with van der Waals surface area (Å²) < 4.78 is 5.56. The van der Waals surface area contributed by atoms with Gasteiger partial charge >= 0.3 is 0 Å². The maximum Gasteiger partial charge on any atom is 0.251 e. The van der Waals surface area contributed by atoms with E-state index in [0.29, 0.717) is 16.9 Å². The van der Waals surface area contributed by atoms with E-state index in [9.17, 15) is 4.79 Å². The number of ether oxygens (including phenoxy) is 1. The number of amides is 1. The van der Waals surface area contributed by atoms with Gasteiger partial charge in [-0.15, -0.1) is 0 Å². The molecule has 3 saturated carbocycles. The van der Waals surface area contributed by atoms with Crippen molar-refractivity contribution in [3.05, 3.63) is 11.6 Å². The Morgan fingerprint density at radius 3 is 2.58 bits per heavy atom. The maximum absolute atomic E-state index is 13.1. The first-order valence-electron chi connectivity index (χ1n) is 13.8. The number of carbonyl (C=O) groups is 1. The van der Waals surface area contributed by atoms with Crippen LogP contribution in [0.3, 0.4) is 0 Å². The predicted molar refractivity (Wildman–Crippen MR) is 134 cm³/mol. The minimum atomic E-state index is -0.329. The number of hydrogen-bond acceptors (Lipinski definition) is 3. The molecule has 4 nitrogen and oxygen atoms in total. The van der Waals surface area contributed by atoms with Crippen LogP contribution in [0, 0.1) is 40.4 Å². The van der Waals surface area contributed by atoms with Crippen LogP contribution in [0.1, 0.15) is 79.1 Å². The van der Waals surface area contributed by atoms with Gasteiger partial charge in [0.2, 0.25) is 0 Å². The molecule has 1 heterocycles. The zero-order valence-corrected chi connectivity index (χ0v) is 22.3. The quantitative estimate of drug-likeness (QED) is 0.533. The summed E-state index contributed by atoms with van der Waals surface area (Å²) in [4.78, 5) is 17.8. The predicted octanol–water partition coefficient (Wildman–Crippen LogP) is 5.38. The van der Waals surface area contributed by atoms with Crippen molar-refractivity contribution in [3.8, 4) is 0 Å². The van der Waals surface area contributed by atoms with Crippen LogP contribution in [0.4, 0.5) is 0 Å². The summed E-state index contributed by atoms with van der Waals surface area (Å²) in [6.07, 6.45) is 12.8. The number of rotatable bonds is 4. The van der Waals surface area contributed by atoms with Crippen molar-refractivity contribution in [1.82, 2.24) is 9.80 Å². The number of fused-ring (bicyclic) bond motifs is 4. The lowest BCUT2D eigenvalue weighted by atomic mass is 9.47. The number of allylic oxidation sites excluding steroid dienone is 1. The average molecular weight is 457 g/mol. The molecule has 5 rings (SSSR count). The topological polar surface area (TPSA) is 32.8 Å². The van der Waals surface area contributed by atoms with Crippen LogP contribution >= 0.6 is 0 Å². The Morgan fingerprint density at radius 2 is 1.88 bits per heavy atom. The van der Waals surface area contributed by atoms with Gasteiger partial charge in [-0.05, 0) is 106 Å². The highest BCUT2D eigenvalue weighted by molar-refractivity contribution is 5.81. The van der Waals surface area contributed by atoms with Gasteiger partial charge in [0.25, 0.3) is 5.91 Å². The van der Waals surface area contributed by atoms with Gasteiger partial charge in [0.1, 0.15) is 6.10 Å². The molecule has 9 atom stereocenters. The number of carbonyl (C=O) groups excluding carboxylic acids is 1. The van der Waals surface area contributed by atoms with E-state index in [1.165, 1.54) is 45.1 Å². The van der Waals surface area contributed by atoms with Gasteiger partial charge < -0.3 is 14.5 Å². The van der Waals surface area contributed by atoms with E-state index in [1.807, 2.05) is 11.9 Å². The van der Waals surface area contributed by atoms with Crippen molar-refractivity contribution in [3.63, 3.8) is 0 Å². The molecule has 0 aromatic heterocycles. The first kappa shape index (κ1) is 23.9. The van der Waals surface area contributed by atoms with E-state index in [2.05, 4.69) is 45.7 Å². The minimum absolute atomic E-state index is 0.159. The van der Waals surface area contributed by atoms with Crippen molar-refractivity contribution >= 4 is 5.91 Å². The lowest BCUT2D eigenvalue weighted by molar-refractivity contribution is -0.146. The van der Waals surface area contributed by atoms with Gasteiger partial charge in [-0.1, -0.05) is 32.4 Å². The van der Waals surface area contributed by atoms with E-state index in [4.69, 9.17) is 4.74 Å². The number of methoxy groups -OCH3 is 1. The standard InChI is InChI=1S/C29H48N2O2/c1-18(2)26(33-7)27(32)31(6)21-12-14-28(4)20(16-21)8-9-22-24(28)13-15-29-17-30(5)19(3)23(29)10-11-25(22)29/h8,18-19,21-26H,9-17H2,1-7H3/t19-,21-,22+,23+,24-,25-,26?,28-,29-/m0/s1. The highest BCUT2D eigenvalue weighted by Gasteiger charge is 2.64. The van der Waals surface area contributed by atoms with Crippen LogP contribution in [0.5, 0.6) is 0 Å². The third kappa shape index (κ3) is 3.40. The van der Waals surface area contributed by atoms with E-state index in [-0.39, 0.29) is 17.9 Å².